The van der Waals surface area contributed by atoms with Crippen molar-refractivity contribution in [3.05, 3.63) is 17.9 Å². The number of furan rings is 1. The molecule has 1 amide bonds. The number of rotatable bonds is 4. The topological polar surface area (TPSA) is 88.4 Å². The Bertz CT molecular complexity index is 658. The molecular formula is C16H26N2O4S. The van der Waals surface area contributed by atoms with Crippen LogP contribution in [0.5, 0.6) is 0 Å². The Morgan fingerprint density at radius 3 is 2.48 bits per heavy atom. The summed E-state index contributed by atoms with van der Waals surface area (Å²) < 4.78 is 32.1. The maximum atomic E-state index is 12.3. The first-order valence-electron chi connectivity index (χ1n) is 8.03. The molecule has 7 heteroatoms. The lowest BCUT2D eigenvalue weighted by Gasteiger charge is -2.29. The van der Waals surface area contributed by atoms with Crippen LogP contribution in [0.3, 0.4) is 0 Å². The normalized spacial score (nSPS) is 22.8. The first kappa shape index (κ1) is 18.0. The van der Waals surface area contributed by atoms with E-state index in [0.717, 1.165) is 19.3 Å². The van der Waals surface area contributed by atoms with Crippen molar-refractivity contribution in [2.24, 2.45) is 5.92 Å². The van der Waals surface area contributed by atoms with E-state index in [1.54, 1.807) is 20.8 Å². The minimum atomic E-state index is -3.77. The van der Waals surface area contributed by atoms with Gasteiger partial charge in [-0.05, 0) is 51.7 Å². The van der Waals surface area contributed by atoms with Crippen LogP contribution in [-0.2, 0) is 10.0 Å². The molecule has 0 unspecified atom stereocenters. The van der Waals surface area contributed by atoms with Gasteiger partial charge in [-0.25, -0.2) is 13.1 Å². The molecule has 0 saturated heterocycles. The summed E-state index contributed by atoms with van der Waals surface area (Å²) in [6.07, 6.45) is 4.33. The van der Waals surface area contributed by atoms with Gasteiger partial charge in [-0.15, -0.1) is 0 Å². The van der Waals surface area contributed by atoms with Gasteiger partial charge in [0.2, 0.25) is 5.09 Å². The maximum absolute atomic E-state index is 12.3. The van der Waals surface area contributed by atoms with Crippen LogP contribution in [-0.4, -0.2) is 25.9 Å². The second-order valence-electron chi connectivity index (χ2n) is 7.32. The van der Waals surface area contributed by atoms with Crippen LogP contribution in [0.15, 0.2) is 21.6 Å². The Hall–Kier alpha value is -1.34. The summed E-state index contributed by atoms with van der Waals surface area (Å²) in [5.74, 6) is 0.0893. The van der Waals surface area contributed by atoms with Gasteiger partial charge in [0.1, 0.15) is 0 Å². The highest BCUT2D eigenvalue weighted by atomic mass is 32.2. The molecule has 0 aliphatic heterocycles. The van der Waals surface area contributed by atoms with Crippen LogP contribution in [0.2, 0.25) is 0 Å². The lowest BCUT2D eigenvalue weighted by molar-refractivity contribution is 0.0876. The van der Waals surface area contributed by atoms with Crippen molar-refractivity contribution >= 4 is 15.9 Å². The summed E-state index contributed by atoms with van der Waals surface area (Å²) in [6, 6.07) is 2.84. The highest BCUT2D eigenvalue weighted by Crippen LogP contribution is 2.24. The van der Waals surface area contributed by atoms with Crippen LogP contribution >= 0.6 is 0 Å². The van der Waals surface area contributed by atoms with Crippen LogP contribution in [0.1, 0.15) is 63.9 Å². The Labute approximate surface area is 138 Å². The fourth-order valence-electron chi connectivity index (χ4n) is 2.81. The first-order valence-corrected chi connectivity index (χ1v) is 9.51. The zero-order chi connectivity index (χ0) is 17.3. The highest BCUT2D eigenvalue weighted by molar-refractivity contribution is 7.89. The quantitative estimate of drug-likeness (QED) is 0.880. The molecule has 1 aliphatic carbocycles. The minimum absolute atomic E-state index is 0.0251. The number of hydrogen-bond donors (Lipinski definition) is 2. The molecule has 1 aromatic heterocycles. The van der Waals surface area contributed by atoms with E-state index in [9.17, 15) is 13.2 Å². The van der Waals surface area contributed by atoms with Gasteiger partial charge in [-0.1, -0.05) is 19.8 Å². The molecule has 1 fully saturated rings. The van der Waals surface area contributed by atoms with Crippen molar-refractivity contribution in [3.63, 3.8) is 0 Å². The summed E-state index contributed by atoms with van der Waals surface area (Å²) in [6.45, 7) is 7.35. The Kier molecular flexibility index (Phi) is 5.20. The molecule has 2 rings (SSSR count). The fourth-order valence-corrected chi connectivity index (χ4v) is 4.16. The monoisotopic (exact) mass is 342 g/mol. The van der Waals surface area contributed by atoms with E-state index in [4.69, 9.17) is 4.42 Å². The molecule has 1 saturated carbocycles. The molecule has 0 aromatic carbocycles. The van der Waals surface area contributed by atoms with Crippen molar-refractivity contribution in [2.75, 3.05) is 0 Å². The number of carbonyl (C=O) groups excluding carboxylic acids is 1. The van der Waals surface area contributed by atoms with E-state index in [-0.39, 0.29) is 22.8 Å². The standard InChI is InChI=1S/C16H26N2O4S/c1-11-7-5-6-8-12(11)17-15(19)13-9-10-14(22-13)23(20,21)18-16(2,3)4/h9-12,18H,5-8H2,1-4H3,(H,17,19)/t11-,12+/m0/s1. The van der Waals surface area contributed by atoms with Gasteiger partial charge in [0.25, 0.3) is 15.9 Å². The second kappa shape index (κ2) is 6.65. The van der Waals surface area contributed by atoms with Crippen LogP contribution in [0.25, 0.3) is 0 Å². The molecule has 0 bridgehead atoms. The third-order valence-electron chi connectivity index (χ3n) is 3.94. The zero-order valence-corrected chi connectivity index (χ0v) is 15.0. The summed E-state index contributed by atoms with van der Waals surface area (Å²) in [5.41, 5.74) is -0.619. The molecule has 6 nitrogen and oxygen atoms in total. The molecular weight excluding hydrogens is 316 g/mol. The van der Waals surface area contributed by atoms with E-state index >= 15 is 0 Å². The molecule has 130 valence electrons. The van der Waals surface area contributed by atoms with Crippen molar-refractivity contribution in [1.29, 1.82) is 0 Å². The first-order chi connectivity index (χ1) is 10.6. The molecule has 1 aliphatic rings. The van der Waals surface area contributed by atoms with Crippen LogP contribution in [0, 0.1) is 5.92 Å². The molecule has 23 heavy (non-hydrogen) atoms. The number of amides is 1. The SMILES string of the molecule is C[C@H]1CCCC[C@H]1NC(=O)c1ccc(S(=O)(=O)NC(C)(C)C)o1. The Morgan fingerprint density at radius 2 is 1.87 bits per heavy atom. The predicted molar refractivity (Wildman–Crippen MR) is 87.7 cm³/mol. The number of sulfonamides is 1. The lowest BCUT2D eigenvalue weighted by atomic mass is 9.86. The maximum Gasteiger partial charge on any atom is 0.287 e. The van der Waals surface area contributed by atoms with Crippen molar-refractivity contribution < 1.29 is 17.6 Å². The van der Waals surface area contributed by atoms with Gasteiger partial charge in [0, 0.05) is 11.6 Å². The average Bonchev–Trinajstić information content (AvgIpc) is 2.89. The van der Waals surface area contributed by atoms with E-state index in [1.807, 2.05) is 0 Å². The molecule has 2 atom stereocenters. The summed E-state index contributed by atoms with van der Waals surface area (Å²) in [5, 5.41) is 2.71. The second-order valence-corrected chi connectivity index (χ2v) is 8.93. The third kappa shape index (κ3) is 4.81. The molecule has 1 heterocycles. The van der Waals surface area contributed by atoms with Gasteiger partial charge >= 0.3 is 0 Å². The predicted octanol–water partition coefficient (Wildman–Crippen LogP) is 2.66. The van der Waals surface area contributed by atoms with Gasteiger partial charge in [0.15, 0.2) is 5.76 Å². The van der Waals surface area contributed by atoms with Crippen molar-refractivity contribution in [3.8, 4) is 0 Å². The number of hydrogen-bond acceptors (Lipinski definition) is 4. The summed E-state index contributed by atoms with van der Waals surface area (Å²) in [4.78, 5) is 12.3. The molecule has 0 radical (unpaired) electrons. The lowest BCUT2D eigenvalue weighted by Crippen LogP contribution is -2.41. The Balaban J connectivity index is 2.08. The van der Waals surface area contributed by atoms with Gasteiger partial charge in [0.05, 0.1) is 0 Å². The highest BCUT2D eigenvalue weighted by Gasteiger charge is 2.28. The van der Waals surface area contributed by atoms with Gasteiger partial charge in [-0.3, -0.25) is 4.79 Å². The Morgan fingerprint density at radius 1 is 1.22 bits per heavy atom. The van der Waals surface area contributed by atoms with Crippen LogP contribution < -0.4 is 10.0 Å². The van der Waals surface area contributed by atoms with Gasteiger partial charge in [-0.2, -0.15) is 0 Å². The van der Waals surface area contributed by atoms with E-state index < -0.39 is 15.6 Å². The third-order valence-corrected chi connectivity index (χ3v) is 5.57. The minimum Gasteiger partial charge on any atom is -0.438 e. The smallest absolute Gasteiger partial charge is 0.287 e. The van der Waals surface area contributed by atoms with E-state index in [1.165, 1.54) is 18.6 Å². The largest absolute Gasteiger partial charge is 0.438 e. The fraction of sp³-hybridized carbons (Fsp3) is 0.688. The average molecular weight is 342 g/mol. The van der Waals surface area contributed by atoms with E-state index in [0.29, 0.717) is 5.92 Å². The number of carbonyl (C=O) groups is 1. The molecule has 2 N–H and O–H groups in total. The summed E-state index contributed by atoms with van der Waals surface area (Å²) >= 11 is 0. The van der Waals surface area contributed by atoms with Crippen molar-refractivity contribution in [1.82, 2.24) is 10.0 Å². The number of nitrogens with one attached hydrogen (secondary N) is 2. The van der Waals surface area contributed by atoms with Gasteiger partial charge < -0.3 is 9.73 Å². The van der Waals surface area contributed by atoms with E-state index in [2.05, 4.69) is 17.0 Å². The summed E-state index contributed by atoms with van der Waals surface area (Å²) in [7, 11) is -3.77. The zero-order valence-electron chi connectivity index (χ0n) is 14.2. The molecule has 1 aromatic rings. The molecule has 0 spiro atoms. The van der Waals surface area contributed by atoms with Crippen LogP contribution in [0.4, 0.5) is 0 Å². The van der Waals surface area contributed by atoms with Crippen molar-refractivity contribution in [2.45, 2.75) is 70.1 Å².